The van der Waals surface area contributed by atoms with Crippen molar-refractivity contribution in [3.05, 3.63) is 20.3 Å². The van der Waals surface area contributed by atoms with Gasteiger partial charge in [-0.2, -0.15) is 0 Å². The van der Waals surface area contributed by atoms with Crippen molar-refractivity contribution >= 4 is 52.9 Å². The number of carbonyl (C=O) groups excluding carboxylic acids is 1. The molecule has 1 aromatic rings. The molecule has 102 valence electrons. The predicted octanol–water partition coefficient (Wildman–Crippen LogP) is 2.28. The van der Waals surface area contributed by atoms with Crippen LogP contribution in [0.4, 0.5) is 0 Å². The van der Waals surface area contributed by atoms with Crippen LogP contribution in [0.15, 0.2) is 6.07 Å². The molecule has 1 aromatic heterocycles. The van der Waals surface area contributed by atoms with E-state index in [-0.39, 0.29) is 24.4 Å². The van der Waals surface area contributed by atoms with Crippen molar-refractivity contribution in [3.8, 4) is 0 Å². The van der Waals surface area contributed by atoms with Crippen LogP contribution < -0.4 is 5.73 Å². The topological polar surface area (TPSA) is 55.6 Å². The van der Waals surface area contributed by atoms with Crippen molar-refractivity contribution in [2.45, 2.75) is 6.10 Å². The number of halogens is 3. The van der Waals surface area contributed by atoms with E-state index in [1.54, 1.807) is 11.0 Å². The molecule has 0 bridgehead atoms. The van der Waals surface area contributed by atoms with Crippen LogP contribution in [0, 0.1) is 0 Å². The molecule has 18 heavy (non-hydrogen) atoms. The lowest BCUT2D eigenvalue weighted by molar-refractivity contribution is -0.0167. The molecule has 1 atom stereocenters. The number of hydrogen-bond donors (Lipinski definition) is 1. The van der Waals surface area contributed by atoms with Gasteiger partial charge in [-0.15, -0.1) is 23.7 Å². The molecular weight excluding hydrogens is 319 g/mol. The monoisotopic (exact) mass is 330 g/mol. The first-order valence-electron chi connectivity index (χ1n) is 5.17. The Morgan fingerprint density at radius 3 is 2.89 bits per heavy atom. The summed E-state index contributed by atoms with van der Waals surface area (Å²) in [6.45, 7) is 1.96. The van der Waals surface area contributed by atoms with Gasteiger partial charge in [0.25, 0.3) is 5.91 Å². The molecule has 1 aliphatic heterocycles. The van der Waals surface area contributed by atoms with Gasteiger partial charge in [-0.1, -0.05) is 23.2 Å². The second kappa shape index (κ2) is 6.93. The summed E-state index contributed by atoms with van der Waals surface area (Å²) in [5.41, 5.74) is 5.99. The van der Waals surface area contributed by atoms with E-state index in [2.05, 4.69) is 0 Å². The van der Waals surface area contributed by atoms with E-state index in [1.165, 1.54) is 11.3 Å². The average Bonchev–Trinajstić information content (AvgIpc) is 2.67. The van der Waals surface area contributed by atoms with E-state index < -0.39 is 0 Å². The van der Waals surface area contributed by atoms with Crippen molar-refractivity contribution in [1.29, 1.82) is 0 Å². The molecule has 2 N–H and O–H groups in total. The second-order valence-electron chi connectivity index (χ2n) is 3.72. The molecule has 2 rings (SSSR count). The van der Waals surface area contributed by atoms with Gasteiger partial charge in [-0.25, -0.2) is 0 Å². The van der Waals surface area contributed by atoms with Crippen molar-refractivity contribution in [2.24, 2.45) is 5.73 Å². The summed E-state index contributed by atoms with van der Waals surface area (Å²) in [6.07, 6.45) is -0.0967. The van der Waals surface area contributed by atoms with Gasteiger partial charge in [0, 0.05) is 19.6 Å². The first-order valence-corrected chi connectivity index (χ1v) is 6.75. The smallest absolute Gasteiger partial charge is 0.256 e. The zero-order valence-corrected chi connectivity index (χ0v) is 12.5. The molecule has 8 heteroatoms. The van der Waals surface area contributed by atoms with Gasteiger partial charge in [-0.3, -0.25) is 4.79 Å². The van der Waals surface area contributed by atoms with E-state index in [1.807, 2.05) is 0 Å². The standard InChI is InChI=1S/C10H12Cl2N2O2S.ClH/c11-8-3-7(9(12)17-8)10(15)14-1-2-16-6(4-13)5-14;/h3,6H,1-2,4-5,13H2;1H. The molecule has 0 aliphatic carbocycles. The Labute approximate surface area is 125 Å². The summed E-state index contributed by atoms with van der Waals surface area (Å²) >= 11 is 13.0. The number of carbonyl (C=O) groups is 1. The third kappa shape index (κ3) is 3.50. The van der Waals surface area contributed by atoms with Crippen LogP contribution in [0.1, 0.15) is 10.4 Å². The number of morpholine rings is 1. The van der Waals surface area contributed by atoms with Crippen LogP contribution in [0.25, 0.3) is 0 Å². The lowest BCUT2D eigenvalue weighted by atomic mass is 10.2. The fourth-order valence-electron chi connectivity index (χ4n) is 1.70. The number of hydrogen-bond acceptors (Lipinski definition) is 4. The fourth-order valence-corrected chi connectivity index (χ4v) is 3.15. The molecule has 1 saturated heterocycles. The van der Waals surface area contributed by atoms with Gasteiger partial charge in [0.05, 0.1) is 22.6 Å². The summed E-state index contributed by atoms with van der Waals surface area (Å²) in [6, 6.07) is 1.60. The Hall–Kier alpha value is -0.0400. The molecule has 0 spiro atoms. The van der Waals surface area contributed by atoms with Crippen molar-refractivity contribution in [2.75, 3.05) is 26.2 Å². The number of thiophene rings is 1. The maximum Gasteiger partial charge on any atom is 0.256 e. The normalized spacial score (nSPS) is 19.5. The lowest BCUT2D eigenvalue weighted by Gasteiger charge is -2.32. The number of rotatable bonds is 2. The Morgan fingerprint density at radius 1 is 1.61 bits per heavy atom. The predicted molar refractivity (Wildman–Crippen MR) is 76.3 cm³/mol. The van der Waals surface area contributed by atoms with Gasteiger partial charge in [0.1, 0.15) is 4.34 Å². The summed E-state index contributed by atoms with van der Waals surface area (Å²) in [5, 5.41) is 0. The molecule has 1 fully saturated rings. The molecular formula is C10H13Cl3N2O2S. The zero-order valence-electron chi connectivity index (χ0n) is 9.40. The Bertz CT molecular complexity index is 427. The molecule has 0 radical (unpaired) electrons. The van der Waals surface area contributed by atoms with E-state index in [4.69, 9.17) is 33.7 Å². The van der Waals surface area contributed by atoms with Crippen molar-refractivity contribution in [1.82, 2.24) is 4.90 Å². The highest BCUT2D eigenvalue weighted by atomic mass is 35.5. The summed E-state index contributed by atoms with van der Waals surface area (Å²) in [7, 11) is 0. The molecule has 4 nitrogen and oxygen atoms in total. The molecule has 1 aliphatic rings. The van der Waals surface area contributed by atoms with E-state index >= 15 is 0 Å². The summed E-state index contributed by atoms with van der Waals surface area (Å²) in [5.74, 6) is -0.111. The summed E-state index contributed by atoms with van der Waals surface area (Å²) < 4.78 is 6.35. The number of amides is 1. The van der Waals surface area contributed by atoms with Crippen LogP contribution in [0.5, 0.6) is 0 Å². The number of nitrogens with zero attached hydrogens (tertiary/aromatic N) is 1. The second-order valence-corrected chi connectivity index (χ2v) is 6.00. The van der Waals surface area contributed by atoms with Crippen molar-refractivity contribution in [3.63, 3.8) is 0 Å². The molecule has 1 amide bonds. The molecule has 1 unspecified atom stereocenters. The minimum atomic E-state index is -0.111. The number of ether oxygens (including phenoxy) is 1. The van der Waals surface area contributed by atoms with Gasteiger partial charge >= 0.3 is 0 Å². The van der Waals surface area contributed by atoms with Crippen molar-refractivity contribution < 1.29 is 9.53 Å². The van der Waals surface area contributed by atoms with Gasteiger partial charge in [0.2, 0.25) is 0 Å². The SMILES string of the molecule is Cl.NCC1CN(C(=O)c2cc(Cl)sc2Cl)CCO1. The molecule has 0 aromatic carbocycles. The Balaban J connectivity index is 0.00000162. The maximum absolute atomic E-state index is 12.2. The Morgan fingerprint density at radius 2 is 2.33 bits per heavy atom. The third-order valence-corrected chi connectivity index (χ3v) is 4.06. The first-order chi connectivity index (χ1) is 8.11. The fraction of sp³-hybridized carbons (Fsp3) is 0.500. The molecule has 2 heterocycles. The summed E-state index contributed by atoms with van der Waals surface area (Å²) in [4.78, 5) is 13.9. The van der Waals surface area contributed by atoms with Crippen LogP contribution in [-0.2, 0) is 4.74 Å². The minimum Gasteiger partial charge on any atom is -0.373 e. The van der Waals surface area contributed by atoms with Gasteiger partial charge in [-0.05, 0) is 6.07 Å². The van der Waals surface area contributed by atoms with Gasteiger partial charge in [0.15, 0.2) is 0 Å². The first kappa shape index (κ1) is 16.0. The van der Waals surface area contributed by atoms with Crippen LogP contribution in [0.3, 0.4) is 0 Å². The highest BCUT2D eigenvalue weighted by Gasteiger charge is 2.26. The Kier molecular flexibility index (Phi) is 6.17. The quantitative estimate of drug-likeness (QED) is 0.904. The van der Waals surface area contributed by atoms with Crippen LogP contribution in [0.2, 0.25) is 8.67 Å². The van der Waals surface area contributed by atoms with Crippen LogP contribution >= 0.6 is 46.9 Å². The highest BCUT2D eigenvalue weighted by molar-refractivity contribution is 7.20. The average molecular weight is 332 g/mol. The lowest BCUT2D eigenvalue weighted by Crippen LogP contribution is -2.48. The van der Waals surface area contributed by atoms with E-state index in [0.717, 1.165) is 0 Å². The van der Waals surface area contributed by atoms with Crippen LogP contribution in [-0.4, -0.2) is 43.2 Å². The van der Waals surface area contributed by atoms with E-state index in [0.29, 0.717) is 40.5 Å². The maximum atomic E-state index is 12.2. The zero-order chi connectivity index (χ0) is 12.4. The highest BCUT2D eigenvalue weighted by Crippen LogP contribution is 2.32. The van der Waals surface area contributed by atoms with E-state index in [9.17, 15) is 4.79 Å². The largest absolute Gasteiger partial charge is 0.373 e. The van der Waals surface area contributed by atoms with Gasteiger partial charge < -0.3 is 15.4 Å². The third-order valence-electron chi connectivity index (χ3n) is 2.58. The minimum absolute atomic E-state index is 0. The number of nitrogens with two attached hydrogens (primary N) is 1. The molecule has 0 saturated carbocycles.